The van der Waals surface area contributed by atoms with Gasteiger partial charge in [0.1, 0.15) is 11.3 Å². The lowest BCUT2D eigenvalue weighted by atomic mass is 10.00. The topological polar surface area (TPSA) is 68.3 Å². The average molecular weight is 365 g/mol. The van der Waals surface area contributed by atoms with Gasteiger partial charge in [0.25, 0.3) is 0 Å². The number of benzene rings is 1. The van der Waals surface area contributed by atoms with Crippen LogP contribution < -0.4 is 9.46 Å². The quantitative estimate of drug-likeness (QED) is 0.688. The first-order valence-corrected chi connectivity index (χ1v) is 10.5. The number of hydrogen-bond acceptors (Lipinski definition) is 4. The molecule has 1 aromatic carbocycles. The number of nitrogens with one attached hydrogen (secondary N) is 1. The third kappa shape index (κ3) is 4.92. The van der Waals surface area contributed by atoms with Gasteiger partial charge in [-0.3, -0.25) is 4.98 Å². The molecule has 1 heterocycles. The summed E-state index contributed by atoms with van der Waals surface area (Å²) in [6.07, 6.45) is 5.90. The van der Waals surface area contributed by atoms with Crippen molar-refractivity contribution in [3.05, 3.63) is 30.5 Å². The summed E-state index contributed by atoms with van der Waals surface area (Å²) >= 11 is 0. The smallest absolute Gasteiger partial charge is 0.241 e. The molecule has 1 aromatic heterocycles. The highest BCUT2D eigenvalue weighted by atomic mass is 32.2. The molecule has 1 unspecified atom stereocenters. The third-order valence-electron chi connectivity index (χ3n) is 4.39. The predicted octanol–water partition coefficient (Wildman–Crippen LogP) is 4.13. The van der Waals surface area contributed by atoms with Crippen molar-refractivity contribution in [3.8, 4) is 5.75 Å². The zero-order chi connectivity index (χ0) is 18.3. The monoisotopic (exact) mass is 364 g/mol. The Hall–Kier alpha value is -1.66. The van der Waals surface area contributed by atoms with Crippen molar-refractivity contribution < 1.29 is 13.2 Å². The number of nitrogens with zero attached hydrogens (tertiary/aromatic N) is 1. The molecule has 1 N–H and O–H groups in total. The lowest BCUT2D eigenvalue weighted by Gasteiger charge is -2.16. The molecule has 0 amide bonds. The lowest BCUT2D eigenvalue weighted by molar-refractivity contribution is 0.343. The molecule has 0 fully saturated rings. The SMILES string of the molecule is CCCCC(CC)CNS(=O)(=O)c1ccc(OCC)c2ncccc12. The summed E-state index contributed by atoms with van der Waals surface area (Å²) in [5, 5.41) is 0.586. The summed E-state index contributed by atoms with van der Waals surface area (Å²) < 4.78 is 34.0. The standard InChI is InChI=1S/C19H28N2O3S/c1-4-7-9-15(5-2)14-21-25(22,23)18-12-11-17(24-6-3)19-16(18)10-8-13-20-19/h8,10-13,15,21H,4-7,9,14H2,1-3H3. The van der Waals surface area contributed by atoms with Gasteiger partial charge in [-0.2, -0.15) is 0 Å². The van der Waals surface area contributed by atoms with Gasteiger partial charge in [-0.25, -0.2) is 13.1 Å². The molecule has 0 aliphatic rings. The average Bonchev–Trinajstić information content (AvgIpc) is 2.62. The van der Waals surface area contributed by atoms with E-state index < -0.39 is 10.0 Å². The van der Waals surface area contributed by atoms with Crippen LogP contribution in [0.15, 0.2) is 35.4 Å². The molecular formula is C19H28N2O3S. The van der Waals surface area contributed by atoms with Crippen LogP contribution in [0.1, 0.15) is 46.5 Å². The highest BCUT2D eigenvalue weighted by molar-refractivity contribution is 7.89. The van der Waals surface area contributed by atoms with Crippen LogP contribution in [0, 0.1) is 5.92 Å². The van der Waals surface area contributed by atoms with Gasteiger partial charge in [0.05, 0.1) is 11.5 Å². The van der Waals surface area contributed by atoms with Gasteiger partial charge in [0.2, 0.25) is 10.0 Å². The Morgan fingerprint density at radius 1 is 1.20 bits per heavy atom. The van der Waals surface area contributed by atoms with Gasteiger partial charge in [-0.15, -0.1) is 0 Å². The predicted molar refractivity (Wildman–Crippen MR) is 101 cm³/mol. The van der Waals surface area contributed by atoms with E-state index in [0.717, 1.165) is 25.7 Å². The number of unbranched alkanes of at least 4 members (excludes halogenated alkanes) is 1. The summed E-state index contributed by atoms with van der Waals surface area (Å²) in [6, 6.07) is 6.80. The Bertz CT molecular complexity index is 790. The van der Waals surface area contributed by atoms with Crippen LogP contribution in [-0.2, 0) is 10.0 Å². The zero-order valence-corrected chi connectivity index (χ0v) is 16.1. The van der Waals surface area contributed by atoms with Crippen LogP contribution in [0.3, 0.4) is 0 Å². The van der Waals surface area contributed by atoms with Crippen molar-refractivity contribution in [1.82, 2.24) is 9.71 Å². The van der Waals surface area contributed by atoms with Gasteiger partial charge in [0, 0.05) is 18.1 Å². The van der Waals surface area contributed by atoms with Gasteiger partial charge in [0.15, 0.2) is 0 Å². The molecule has 0 saturated carbocycles. The fourth-order valence-corrected chi connectivity index (χ4v) is 4.19. The molecule has 0 spiro atoms. The van der Waals surface area contributed by atoms with Crippen molar-refractivity contribution in [1.29, 1.82) is 0 Å². The fourth-order valence-electron chi connectivity index (χ4n) is 2.88. The van der Waals surface area contributed by atoms with Crippen LogP contribution >= 0.6 is 0 Å². The number of aromatic nitrogens is 1. The molecule has 25 heavy (non-hydrogen) atoms. The van der Waals surface area contributed by atoms with Gasteiger partial charge in [-0.1, -0.05) is 33.1 Å². The van der Waals surface area contributed by atoms with Crippen LogP contribution in [0.5, 0.6) is 5.75 Å². The summed E-state index contributed by atoms with van der Waals surface area (Å²) in [5.74, 6) is 0.966. The van der Waals surface area contributed by atoms with E-state index in [-0.39, 0.29) is 4.90 Å². The first kappa shape index (κ1) is 19.7. The molecule has 2 aromatic rings. The van der Waals surface area contributed by atoms with E-state index in [1.54, 1.807) is 30.5 Å². The minimum absolute atomic E-state index is 0.254. The van der Waals surface area contributed by atoms with Gasteiger partial charge < -0.3 is 4.74 Å². The Morgan fingerprint density at radius 3 is 2.68 bits per heavy atom. The van der Waals surface area contributed by atoms with Crippen molar-refractivity contribution in [2.45, 2.75) is 51.3 Å². The van der Waals surface area contributed by atoms with E-state index in [0.29, 0.717) is 35.7 Å². The molecule has 0 aliphatic carbocycles. The molecule has 138 valence electrons. The van der Waals surface area contributed by atoms with Crippen LogP contribution in [-0.4, -0.2) is 26.6 Å². The van der Waals surface area contributed by atoms with Crippen LogP contribution in [0.2, 0.25) is 0 Å². The maximum Gasteiger partial charge on any atom is 0.241 e. The van der Waals surface area contributed by atoms with E-state index in [1.165, 1.54) is 0 Å². The molecule has 0 saturated heterocycles. The second-order valence-corrected chi connectivity index (χ2v) is 7.90. The summed E-state index contributed by atoms with van der Waals surface area (Å²) in [6.45, 7) is 7.11. The highest BCUT2D eigenvalue weighted by Gasteiger charge is 2.20. The van der Waals surface area contributed by atoms with E-state index in [9.17, 15) is 8.42 Å². The maximum atomic E-state index is 12.8. The van der Waals surface area contributed by atoms with E-state index in [4.69, 9.17) is 4.74 Å². The Kier molecular flexibility index (Phi) is 7.20. The van der Waals surface area contributed by atoms with Gasteiger partial charge >= 0.3 is 0 Å². The second kappa shape index (κ2) is 9.15. The number of fused-ring (bicyclic) bond motifs is 1. The normalized spacial score (nSPS) is 13.1. The minimum Gasteiger partial charge on any atom is -0.492 e. The first-order valence-electron chi connectivity index (χ1n) is 9.03. The van der Waals surface area contributed by atoms with Crippen LogP contribution in [0.25, 0.3) is 10.9 Å². The molecule has 0 radical (unpaired) electrons. The number of pyridine rings is 1. The number of sulfonamides is 1. The second-order valence-electron chi connectivity index (χ2n) is 6.16. The zero-order valence-electron chi connectivity index (χ0n) is 15.3. The summed E-state index contributed by atoms with van der Waals surface area (Å²) in [5.41, 5.74) is 0.574. The summed E-state index contributed by atoms with van der Waals surface area (Å²) in [4.78, 5) is 4.56. The van der Waals surface area contributed by atoms with Crippen molar-refractivity contribution in [2.24, 2.45) is 5.92 Å². The minimum atomic E-state index is -3.59. The molecule has 0 bridgehead atoms. The first-order chi connectivity index (χ1) is 12.0. The number of ether oxygens (including phenoxy) is 1. The lowest BCUT2D eigenvalue weighted by Crippen LogP contribution is -2.29. The largest absolute Gasteiger partial charge is 0.492 e. The Balaban J connectivity index is 2.29. The Labute approximate surface area is 150 Å². The Morgan fingerprint density at radius 2 is 2.00 bits per heavy atom. The molecule has 0 aliphatic heterocycles. The van der Waals surface area contributed by atoms with Crippen molar-refractivity contribution in [2.75, 3.05) is 13.2 Å². The maximum absolute atomic E-state index is 12.8. The molecular weight excluding hydrogens is 336 g/mol. The molecule has 5 nitrogen and oxygen atoms in total. The fraction of sp³-hybridized carbons (Fsp3) is 0.526. The third-order valence-corrected chi connectivity index (χ3v) is 5.87. The molecule has 6 heteroatoms. The molecule has 1 atom stereocenters. The van der Waals surface area contributed by atoms with Crippen LogP contribution in [0.4, 0.5) is 0 Å². The molecule has 2 rings (SSSR count). The van der Waals surface area contributed by atoms with Crippen molar-refractivity contribution in [3.63, 3.8) is 0 Å². The summed E-state index contributed by atoms with van der Waals surface area (Å²) in [7, 11) is -3.59. The number of hydrogen-bond donors (Lipinski definition) is 1. The van der Waals surface area contributed by atoms with E-state index in [1.807, 2.05) is 6.92 Å². The van der Waals surface area contributed by atoms with E-state index in [2.05, 4.69) is 23.6 Å². The van der Waals surface area contributed by atoms with Crippen molar-refractivity contribution >= 4 is 20.9 Å². The van der Waals surface area contributed by atoms with Gasteiger partial charge in [-0.05, 0) is 43.5 Å². The number of rotatable bonds is 10. The van der Waals surface area contributed by atoms with E-state index >= 15 is 0 Å². The highest BCUT2D eigenvalue weighted by Crippen LogP contribution is 2.29.